The maximum atomic E-state index is 6.11. The average molecular weight is 578 g/mol. The number of nitrogens with one attached hydrogen (secondary N) is 1. The summed E-state index contributed by atoms with van der Waals surface area (Å²) >= 11 is 1.71. The largest absolute Gasteiger partial charge is 0.403 e. The lowest BCUT2D eigenvalue weighted by Gasteiger charge is -2.41. The van der Waals surface area contributed by atoms with Crippen molar-refractivity contribution < 1.29 is 4.42 Å². The molecule has 0 bridgehead atoms. The molecule has 1 aromatic heterocycles. The summed E-state index contributed by atoms with van der Waals surface area (Å²) in [4.78, 5) is 5.51. The number of fused-ring (bicyclic) bond motifs is 1. The SMILES string of the molecule is CC.CC.CC/C=C(\C=C/CN=C(N)C1=CC=CCS1)CNc1nnc(-c2ccc3c(c2)C(C)(C)CCC3(C)C)o1. The number of allylic oxidation sites excluding steroid dienone is 3. The van der Waals surface area contributed by atoms with E-state index < -0.39 is 0 Å². The number of aliphatic imine (C=N–C) groups is 1. The Kier molecular flexibility index (Phi) is 13.7. The van der Waals surface area contributed by atoms with Crippen molar-refractivity contribution in [3.05, 3.63) is 76.3 Å². The van der Waals surface area contributed by atoms with Crippen LogP contribution >= 0.6 is 11.8 Å². The molecule has 7 heteroatoms. The highest BCUT2D eigenvalue weighted by atomic mass is 32.2. The minimum Gasteiger partial charge on any atom is -0.403 e. The molecular formula is C34H51N5OS. The molecular weight excluding hydrogens is 526 g/mol. The molecule has 0 fully saturated rings. The van der Waals surface area contributed by atoms with Crippen molar-refractivity contribution in [2.75, 3.05) is 24.2 Å². The van der Waals surface area contributed by atoms with Crippen LogP contribution in [0.15, 0.2) is 74.5 Å². The zero-order valence-electron chi connectivity index (χ0n) is 26.7. The molecule has 2 aliphatic rings. The fraction of sp³-hybridized carbons (Fsp3) is 0.500. The number of aromatic nitrogens is 2. The number of thioether (sulfide) groups is 1. The molecule has 41 heavy (non-hydrogen) atoms. The van der Waals surface area contributed by atoms with Gasteiger partial charge in [0, 0.05) is 22.8 Å². The predicted octanol–water partition coefficient (Wildman–Crippen LogP) is 8.99. The molecule has 3 N–H and O–H groups in total. The molecule has 1 aromatic carbocycles. The average Bonchev–Trinajstić information content (AvgIpc) is 3.48. The Bertz CT molecular complexity index is 1260. The summed E-state index contributed by atoms with van der Waals surface area (Å²) in [6.07, 6.45) is 15.7. The van der Waals surface area contributed by atoms with Crippen LogP contribution in [0.4, 0.5) is 6.01 Å². The molecule has 0 spiro atoms. The Balaban J connectivity index is 0.00000141. The molecule has 0 radical (unpaired) electrons. The van der Waals surface area contributed by atoms with Gasteiger partial charge in [0.25, 0.3) is 0 Å². The van der Waals surface area contributed by atoms with E-state index in [1.165, 1.54) is 24.0 Å². The Morgan fingerprint density at radius 2 is 1.78 bits per heavy atom. The van der Waals surface area contributed by atoms with E-state index in [1.807, 2.05) is 45.9 Å². The fourth-order valence-electron chi connectivity index (χ4n) is 4.76. The fourth-order valence-corrected chi connectivity index (χ4v) is 5.54. The van der Waals surface area contributed by atoms with Gasteiger partial charge in [0.15, 0.2) is 0 Å². The number of rotatable bonds is 9. The molecule has 1 aliphatic heterocycles. The lowest BCUT2D eigenvalue weighted by Crippen LogP contribution is -2.33. The van der Waals surface area contributed by atoms with Gasteiger partial charge in [-0.05, 0) is 65.0 Å². The third-order valence-electron chi connectivity index (χ3n) is 7.10. The van der Waals surface area contributed by atoms with Crippen LogP contribution in [0.3, 0.4) is 0 Å². The standard InChI is InChI=1S/C30H39N5OS.2C2H6/c1-6-10-21(11-9-17-32-26(31)25-12-7-8-18-37-25)20-33-28-35-34-27(36-28)22-13-14-23-24(19-22)30(4,5)16-15-29(23,2)3;2*1-2/h7-14,19H,6,15-18,20H2,1-5H3,(H2,31,32)(H,33,35);2*1-2H3/b11-9-,21-10+;;. The summed E-state index contributed by atoms with van der Waals surface area (Å²) < 4.78 is 6.00. The lowest BCUT2D eigenvalue weighted by atomic mass is 9.63. The summed E-state index contributed by atoms with van der Waals surface area (Å²) in [5.41, 5.74) is 11.3. The number of amidine groups is 1. The molecule has 0 saturated heterocycles. The van der Waals surface area contributed by atoms with Crippen molar-refractivity contribution in [2.45, 2.75) is 92.4 Å². The molecule has 2 aromatic rings. The van der Waals surface area contributed by atoms with Crippen LogP contribution in [0, 0.1) is 0 Å². The molecule has 2 heterocycles. The number of anilines is 1. The summed E-state index contributed by atoms with van der Waals surface area (Å²) in [7, 11) is 0. The number of nitrogens with two attached hydrogens (primary N) is 1. The minimum absolute atomic E-state index is 0.131. The second-order valence-corrected chi connectivity index (χ2v) is 11.9. The number of nitrogens with zero attached hydrogens (tertiary/aromatic N) is 3. The van der Waals surface area contributed by atoms with Gasteiger partial charge in [-0.1, -0.05) is 104 Å². The number of hydrogen-bond donors (Lipinski definition) is 2. The van der Waals surface area contributed by atoms with E-state index in [0.717, 1.165) is 28.2 Å². The highest BCUT2D eigenvalue weighted by Crippen LogP contribution is 2.46. The molecule has 0 unspecified atom stereocenters. The maximum Gasteiger partial charge on any atom is 0.316 e. The second kappa shape index (κ2) is 16.4. The first-order valence-corrected chi connectivity index (χ1v) is 16.1. The van der Waals surface area contributed by atoms with Gasteiger partial charge in [-0.15, -0.1) is 16.9 Å². The Morgan fingerprint density at radius 3 is 2.44 bits per heavy atom. The Morgan fingerprint density at radius 1 is 1.07 bits per heavy atom. The normalized spacial score (nSPS) is 17.5. The topological polar surface area (TPSA) is 89.3 Å². The van der Waals surface area contributed by atoms with Crippen LogP contribution in [-0.2, 0) is 10.8 Å². The van der Waals surface area contributed by atoms with Crippen LogP contribution in [-0.4, -0.2) is 34.9 Å². The molecule has 6 nitrogen and oxygen atoms in total. The van der Waals surface area contributed by atoms with Gasteiger partial charge < -0.3 is 15.5 Å². The lowest BCUT2D eigenvalue weighted by molar-refractivity contribution is 0.332. The summed E-state index contributed by atoms with van der Waals surface area (Å²) in [5, 5.41) is 11.8. The van der Waals surface area contributed by atoms with Crippen molar-refractivity contribution in [1.82, 2.24) is 10.2 Å². The predicted molar refractivity (Wildman–Crippen MR) is 180 cm³/mol. The van der Waals surface area contributed by atoms with Gasteiger partial charge >= 0.3 is 6.01 Å². The van der Waals surface area contributed by atoms with E-state index in [0.29, 0.717) is 30.8 Å². The highest BCUT2D eigenvalue weighted by Gasteiger charge is 2.37. The maximum absolute atomic E-state index is 6.11. The van der Waals surface area contributed by atoms with E-state index in [-0.39, 0.29) is 10.8 Å². The van der Waals surface area contributed by atoms with Gasteiger partial charge in [-0.25, -0.2) is 0 Å². The van der Waals surface area contributed by atoms with Crippen LogP contribution in [0.25, 0.3) is 11.5 Å². The van der Waals surface area contributed by atoms with Crippen molar-refractivity contribution in [3.8, 4) is 11.5 Å². The van der Waals surface area contributed by atoms with Crippen LogP contribution in [0.1, 0.15) is 92.7 Å². The first-order valence-electron chi connectivity index (χ1n) is 15.1. The summed E-state index contributed by atoms with van der Waals surface area (Å²) in [6.45, 7) is 20.5. The van der Waals surface area contributed by atoms with Gasteiger partial charge in [0.1, 0.15) is 5.84 Å². The summed E-state index contributed by atoms with van der Waals surface area (Å²) in [5.74, 6) is 2.06. The van der Waals surface area contributed by atoms with Gasteiger partial charge in [0.05, 0.1) is 6.54 Å². The molecule has 0 atom stereocenters. The smallest absolute Gasteiger partial charge is 0.316 e. The van der Waals surface area contributed by atoms with Gasteiger partial charge in [0.2, 0.25) is 5.89 Å². The summed E-state index contributed by atoms with van der Waals surface area (Å²) in [6, 6.07) is 7.00. The van der Waals surface area contributed by atoms with Crippen LogP contribution in [0.2, 0.25) is 0 Å². The highest BCUT2D eigenvalue weighted by molar-refractivity contribution is 8.04. The zero-order valence-corrected chi connectivity index (χ0v) is 27.5. The van der Waals surface area contributed by atoms with Crippen LogP contribution in [0.5, 0.6) is 0 Å². The Hall–Kier alpha value is -3.06. The molecule has 1 aliphatic carbocycles. The first-order chi connectivity index (χ1) is 19.7. The Labute approximate surface area is 252 Å². The first kappa shape index (κ1) is 34.1. The third-order valence-corrected chi connectivity index (χ3v) is 8.12. The van der Waals surface area contributed by atoms with Gasteiger partial charge in [-0.3, -0.25) is 4.99 Å². The van der Waals surface area contributed by atoms with Crippen molar-refractivity contribution in [2.24, 2.45) is 10.7 Å². The van der Waals surface area contributed by atoms with Crippen molar-refractivity contribution in [1.29, 1.82) is 0 Å². The molecule has 0 saturated carbocycles. The number of hydrogen-bond acceptors (Lipinski definition) is 6. The molecule has 0 amide bonds. The van der Waals surface area contributed by atoms with Gasteiger partial charge in [-0.2, -0.15) is 0 Å². The van der Waals surface area contributed by atoms with E-state index in [1.54, 1.807) is 11.8 Å². The van der Waals surface area contributed by atoms with Crippen molar-refractivity contribution in [3.63, 3.8) is 0 Å². The van der Waals surface area contributed by atoms with E-state index in [4.69, 9.17) is 10.2 Å². The van der Waals surface area contributed by atoms with E-state index in [9.17, 15) is 0 Å². The molecule has 224 valence electrons. The third kappa shape index (κ3) is 9.49. The monoisotopic (exact) mass is 577 g/mol. The second-order valence-electron chi connectivity index (χ2n) is 10.9. The quantitative estimate of drug-likeness (QED) is 0.176. The number of benzene rings is 1. The minimum atomic E-state index is 0.131. The van der Waals surface area contributed by atoms with E-state index >= 15 is 0 Å². The molecule has 4 rings (SSSR count). The van der Waals surface area contributed by atoms with Crippen molar-refractivity contribution >= 4 is 23.6 Å². The van der Waals surface area contributed by atoms with Crippen LogP contribution < -0.4 is 11.1 Å². The van der Waals surface area contributed by atoms with E-state index in [2.05, 4.69) is 91.6 Å². The zero-order chi connectivity index (χ0) is 30.5.